The lowest BCUT2D eigenvalue weighted by atomic mass is 10.1. The number of amides is 2. The maximum Gasteiger partial charge on any atom is 0.242 e. The third-order valence-electron chi connectivity index (χ3n) is 3.02. The molecular weight excluding hydrogens is 342 g/mol. The Labute approximate surface area is 142 Å². The molecule has 0 bridgehead atoms. The second-order valence-electron chi connectivity index (χ2n) is 4.78. The van der Waals surface area contributed by atoms with E-state index in [4.69, 9.17) is 23.2 Å². The van der Waals surface area contributed by atoms with Crippen LogP contribution in [0.5, 0.6) is 0 Å². The van der Waals surface area contributed by atoms with Crippen molar-refractivity contribution in [3.8, 4) is 0 Å². The van der Waals surface area contributed by atoms with Gasteiger partial charge in [-0.1, -0.05) is 41.4 Å². The lowest BCUT2D eigenvalue weighted by Gasteiger charge is -2.09. The Kier molecular flexibility index (Phi) is 5.96. The van der Waals surface area contributed by atoms with E-state index in [0.29, 0.717) is 21.2 Å². The van der Waals surface area contributed by atoms with E-state index < -0.39 is 11.8 Å². The molecule has 0 saturated carbocycles. The number of hydrogen-bond donors (Lipinski definition) is 2. The second-order valence-corrected chi connectivity index (χ2v) is 5.59. The molecule has 0 radical (unpaired) electrons. The van der Waals surface area contributed by atoms with E-state index in [0.717, 1.165) is 0 Å². The molecule has 0 fully saturated rings. The van der Waals surface area contributed by atoms with Gasteiger partial charge in [0.2, 0.25) is 11.8 Å². The predicted octanol–water partition coefficient (Wildman–Crippen LogP) is 3.07. The molecule has 23 heavy (non-hydrogen) atoms. The Balaban J connectivity index is 1.84. The summed E-state index contributed by atoms with van der Waals surface area (Å²) in [6.45, 7) is 0. The lowest BCUT2D eigenvalue weighted by Crippen LogP contribution is -2.43. The molecule has 2 N–H and O–H groups in total. The Morgan fingerprint density at radius 3 is 1.96 bits per heavy atom. The van der Waals surface area contributed by atoms with Gasteiger partial charge in [-0.05, 0) is 35.4 Å². The fourth-order valence-electron chi connectivity index (χ4n) is 1.88. The number of halogens is 3. The molecule has 0 atom stereocenters. The predicted molar refractivity (Wildman–Crippen MR) is 86.6 cm³/mol. The molecule has 0 aliphatic heterocycles. The normalized spacial score (nSPS) is 10.2. The van der Waals surface area contributed by atoms with Crippen LogP contribution in [0.2, 0.25) is 10.0 Å². The minimum Gasteiger partial charge on any atom is -0.273 e. The number of nitrogens with one attached hydrogen (secondary N) is 2. The van der Waals surface area contributed by atoms with Gasteiger partial charge in [0.25, 0.3) is 0 Å². The van der Waals surface area contributed by atoms with E-state index in [9.17, 15) is 14.0 Å². The van der Waals surface area contributed by atoms with E-state index in [1.54, 1.807) is 18.2 Å². The third kappa shape index (κ3) is 5.23. The van der Waals surface area contributed by atoms with Gasteiger partial charge in [-0.25, -0.2) is 4.39 Å². The van der Waals surface area contributed by atoms with Gasteiger partial charge in [0.15, 0.2) is 0 Å². The Bertz CT molecular complexity index is 700. The van der Waals surface area contributed by atoms with Crippen molar-refractivity contribution in [2.45, 2.75) is 12.8 Å². The molecule has 7 heteroatoms. The molecule has 2 aromatic carbocycles. The van der Waals surface area contributed by atoms with Crippen molar-refractivity contribution in [3.05, 3.63) is 69.5 Å². The molecule has 0 saturated heterocycles. The molecule has 2 rings (SSSR count). The van der Waals surface area contributed by atoms with Gasteiger partial charge in [0, 0.05) is 10.0 Å². The summed E-state index contributed by atoms with van der Waals surface area (Å²) in [4.78, 5) is 23.5. The molecular formula is C16H13Cl2FN2O2. The first-order chi connectivity index (χ1) is 11.0. The summed E-state index contributed by atoms with van der Waals surface area (Å²) in [6.07, 6.45) is -0.0389. The molecule has 0 unspecified atom stereocenters. The maximum absolute atomic E-state index is 12.8. The Hall–Kier alpha value is -2.11. The Morgan fingerprint density at radius 2 is 1.39 bits per heavy atom. The SMILES string of the molecule is O=C(Cc1ccc(F)cc1)NNC(=O)Cc1c(Cl)cccc1Cl. The van der Waals surface area contributed by atoms with Crippen LogP contribution in [0.1, 0.15) is 11.1 Å². The van der Waals surface area contributed by atoms with Crippen LogP contribution in [0.25, 0.3) is 0 Å². The van der Waals surface area contributed by atoms with E-state index >= 15 is 0 Å². The van der Waals surface area contributed by atoms with Crippen molar-refractivity contribution in [2.24, 2.45) is 0 Å². The van der Waals surface area contributed by atoms with Crippen LogP contribution in [0.15, 0.2) is 42.5 Å². The highest BCUT2D eigenvalue weighted by Gasteiger charge is 2.11. The van der Waals surface area contributed by atoms with E-state index in [-0.39, 0.29) is 18.7 Å². The van der Waals surface area contributed by atoms with Gasteiger partial charge < -0.3 is 0 Å². The van der Waals surface area contributed by atoms with E-state index in [2.05, 4.69) is 10.9 Å². The number of rotatable bonds is 4. The summed E-state index contributed by atoms with van der Waals surface area (Å²) in [5, 5.41) is 0.760. The van der Waals surface area contributed by atoms with Gasteiger partial charge in [-0.2, -0.15) is 0 Å². The van der Waals surface area contributed by atoms with Gasteiger partial charge in [0.05, 0.1) is 12.8 Å². The summed E-state index contributed by atoms with van der Waals surface area (Å²) >= 11 is 11.9. The quantitative estimate of drug-likeness (QED) is 0.829. The molecule has 0 spiro atoms. The summed E-state index contributed by atoms with van der Waals surface area (Å²) in [7, 11) is 0. The van der Waals surface area contributed by atoms with Crippen LogP contribution < -0.4 is 10.9 Å². The highest BCUT2D eigenvalue weighted by atomic mass is 35.5. The molecule has 120 valence electrons. The van der Waals surface area contributed by atoms with Gasteiger partial charge >= 0.3 is 0 Å². The molecule has 4 nitrogen and oxygen atoms in total. The van der Waals surface area contributed by atoms with E-state index in [1.165, 1.54) is 24.3 Å². The number of carbonyl (C=O) groups excluding carboxylic acids is 2. The van der Waals surface area contributed by atoms with Crippen LogP contribution in [0.3, 0.4) is 0 Å². The van der Waals surface area contributed by atoms with Crippen LogP contribution in [0, 0.1) is 5.82 Å². The maximum atomic E-state index is 12.8. The minimum absolute atomic E-state index is 0.0212. The summed E-state index contributed by atoms with van der Waals surface area (Å²) in [5.41, 5.74) is 5.69. The molecule has 0 aliphatic rings. The largest absolute Gasteiger partial charge is 0.273 e. The van der Waals surface area contributed by atoms with Crippen LogP contribution in [0.4, 0.5) is 4.39 Å². The zero-order valence-corrected chi connectivity index (χ0v) is 13.4. The minimum atomic E-state index is -0.451. The highest BCUT2D eigenvalue weighted by molar-refractivity contribution is 6.36. The Morgan fingerprint density at radius 1 is 0.870 bits per heavy atom. The zero-order valence-electron chi connectivity index (χ0n) is 11.9. The zero-order chi connectivity index (χ0) is 16.8. The second kappa shape index (κ2) is 7.94. The molecule has 2 aromatic rings. The van der Waals surface area contributed by atoms with Crippen molar-refractivity contribution in [1.82, 2.24) is 10.9 Å². The summed E-state index contributed by atoms with van der Waals surface area (Å²) in [5.74, 6) is -1.25. The fraction of sp³-hybridized carbons (Fsp3) is 0.125. The molecule has 0 aromatic heterocycles. The monoisotopic (exact) mass is 354 g/mol. The third-order valence-corrected chi connectivity index (χ3v) is 3.73. The molecule has 2 amide bonds. The first kappa shape index (κ1) is 17.2. The topological polar surface area (TPSA) is 58.2 Å². The first-order valence-electron chi connectivity index (χ1n) is 6.70. The van der Waals surface area contributed by atoms with Gasteiger partial charge in [-0.15, -0.1) is 0 Å². The van der Waals surface area contributed by atoms with Gasteiger partial charge in [-0.3, -0.25) is 20.4 Å². The van der Waals surface area contributed by atoms with Crippen LogP contribution >= 0.6 is 23.2 Å². The van der Waals surface area contributed by atoms with Crippen molar-refractivity contribution in [2.75, 3.05) is 0 Å². The average molecular weight is 355 g/mol. The van der Waals surface area contributed by atoms with Crippen molar-refractivity contribution in [1.29, 1.82) is 0 Å². The molecule has 0 heterocycles. The molecule has 0 aliphatic carbocycles. The lowest BCUT2D eigenvalue weighted by molar-refractivity contribution is -0.128. The van der Waals surface area contributed by atoms with E-state index in [1.807, 2.05) is 0 Å². The van der Waals surface area contributed by atoms with Crippen LogP contribution in [-0.2, 0) is 22.4 Å². The van der Waals surface area contributed by atoms with Crippen molar-refractivity contribution < 1.29 is 14.0 Å². The number of carbonyl (C=O) groups is 2. The van der Waals surface area contributed by atoms with Gasteiger partial charge in [0.1, 0.15) is 5.82 Å². The van der Waals surface area contributed by atoms with Crippen molar-refractivity contribution in [3.63, 3.8) is 0 Å². The number of benzene rings is 2. The summed E-state index contributed by atoms with van der Waals surface area (Å²) < 4.78 is 12.8. The first-order valence-corrected chi connectivity index (χ1v) is 7.46. The summed E-state index contributed by atoms with van der Waals surface area (Å²) in [6, 6.07) is 10.5. The average Bonchev–Trinajstić information content (AvgIpc) is 2.51. The smallest absolute Gasteiger partial charge is 0.242 e. The fourth-order valence-corrected chi connectivity index (χ4v) is 2.41. The number of hydrogen-bond acceptors (Lipinski definition) is 2. The number of hydrazine groups is 1. The van der Waals surface area contributed by atoms with Crippen LogP contribution in [-0.4, -0.2) is 11.8 Å². The highest BCUT2D eigenvalue weighted by Crippen LogP contribution is 2.24. The van der Waals surface area contributed by atoms with Crippen molar-refractivity contribution >= 4 is 35.0 Å². The standard InChI is InChI=1S/C16H13Cl2FN2O2/c17-13-2-1-3-14(18)12(13)9-16(23)21-20-15(22)8-10-4-6-11(19)7-5-10/h1-7H,8-9H2,(H,20,22)(H,21,23).